The Morgan fingerprint density at radius 2 is 1.51 bits per heavy atom. The summed E-state index contributed by atoms with van der Waals surface area (Å²) in [7, 11) is 0. The topological polar surface area (TPSA) is 20.9 Å². The fourth-order valence-corrected chi connectivity index (χ4v) is 10.7. The van der Waals surface area contributed by atoms with Crippen molar-refractivity contribution in [1.29, 1.82) is 0 Å². The van der Waals surface area contributed by atoms with Crippen molar-refractivity contribution in [2.75, 3.05) is 0 Å². The van der Waals surface area contributed by atoms with Gasteiger partial charge in [0.15, 0.2) is 18.0 Å². The van der Waals surface area contributed by atoms with Crippen LogP contribution in [-0.2, 0) is 19.4 Å². The van der Waals surface area contributed by atoms with Gasteiger partial charge in [-0.2, -0.15) is 9.13 Å². The summed E-state index contributed by atoms with van der Waals surface area (Å²) < 4.78 is 13.7. The number of pyridine rings is 2. The maximum atomic E-state index is 7.20. The van der Waals surface area contributed by atoms with Crippen LogP contribution < -0.4 is 9.13 Å². The molecule has 4 aromatic heterocycles. The van der Waals surface area contributed by atoms with Gasteiger partial charge in [0.2, 0.25) is 24.0 Å². The quantitative estimate of drug-likeness (QED) is 0.164. The second kappa shape index (κ2) is 11.7. The van der Waals surface area contributed by atoms with Crippen LogP contribution in [0.4, 0.5) is 0 Å². The molecular weight excluding hydrogens is 665 g/mol. The third kappa shape index (κ3) is 5.13. The molecule has 0 fully saturated rings. The van der Waals surface area contributed by atoms with Gasteiger partial charge in [0.1, 0.15) is 5.58 Å². The number of nitrogens with zero attached hydrogens (tertiary/aromatic N) is 2. The molecule has 0 N–H and O–H groups in total. The van der Waals surface area contributed by atoms with E-state index in [2.05, 4.69) is 161 Å². The molecule has 6 heterocycles. The fourth-order valence-electron chi connectivity index (χ4n) is 9.69. The standard InChI is InChI=1S/C49H46N2OS/c1-28-15-20-41-36-14-9-8-13-35(36)40-22-32-16-18-37-38-19-17-33-21-31(4)53-48(33)47(38)52-46(37)45(32)42-23-39(44-29(2)11-10-12-30(44)3)34(24-49(5,6)7)26-50(42)27-43(40)51(41)25-28/h8-21,23,25-26,40,43H,22,24,27H2,1-7H3/q+2. The highest BCUT2D eigenvalue weighted by atomic mass is 32.1. The van der Waals surface area contributed by atoms with Crippen molar-refractivity contribution in [3.8, 4) is 33.6 Å². The van der Waals surface area contributed by atoms with Gasteiger partial charge in [0, 0.05) is 44.5 Å². The fraction of sp³-hybridized carbons (Fsp3) is 0.265. The number of fused-ring (bicyclic) bond motifs is 15. The van der Waals surface area contributed by atoms with Crippen molar-refractivity contribution >= 4 is 43.4 Å². The molecule has 2 aliphatic heterocycles. The van der Waals surface area contributed by atoms with E-state index in [1.54, 1.807) is 0 Å². The van der Waals surface area contributed by atoms with Gasteiger partial charge in [-0.3, -0.25) is 0 Å². The first kappa shape index (κ1) is 32.6. The lowest BCUT2D eigenvalue weighted by Crippen LogP contribution is -2.56. The molecule has 2 aliphatic rings. The summed E-state index contributed by atoms with van der Waals surface area (Å²) in [6.07, 6.45) is 6.82. The van der Waals surface area contributed by atoms with Gasteiger partial charge in [-0.1, -0.05) is 75.4 Å². The largest absolute Gasteiger partial charge is 0.454 e. The van der Waals surface area contributed by atoms with Crippen molar-refractivity contribution in [2.45, 2.75) is 79.8 Å². The van der Waals surface area contributed by atoms with Crippen LogP contribution >= 0.6 is 11.3 Å². The summed E-state index contributed by atoms with van der Waals surface area (Å²) in [5.74, 6) is 0.294. The zero-order valence-electron chi connectivity index (χ0n) is 31.8. The molecule has 0 amide bonds. The lowest BCUT2D eigenvalue weighted by atomic mass is 9.76. The zero-order chi connectivity index (χ0) is 36.3. The lowest BCUT2D eigenvalue weighted by molar-refractivity contribution is -0.792. The molecule has 4 heteroatoms. The summed E-state index contributed by atoms with van der Waals surface area (Å²) in [5, 5.41) is 3.65. The van der Waals surface area contributed by atoms with Gasteiger partial charge in [-0.25, -0.2) is 0 Å². The van der Waals surface area contributed by atoms with Crippen molar-refractivity contribution < 1.29 is 13.6 Å². The van der Waals surface area contributed by atoms with Crippen LogP contribution in [0.25, 0.3) is 65.7 Å². The highest BCUT2D eigenvalue weighted by molar-refractivity contribution is 7.20. The van der Waals surface area contributed by atoms with Crippen molar-refractivity contribution in [3.63, 3.8) is 0 Å². The monoisotopic (exact) mass is 710 g/mol. The summed E-state index contributed by atoms with van der Waals surface area (Å²) in [4.78, 5) is 1.31. The van der Waals surface area contributed by atoms with Gasteiger partial charge < -0.3 is 4.42 Å². The third-order valence-corrected chi connectivity index (χ3v) is 12.9. The molecule has 53 heavy (non-hydrogen) atoms. The van der Waals surface area contributed by atoms with Crippen LogP contribution in [0.3, 0.4) is 0 Å². The summed E-state index contributed by atoms with van der Waals surface area (Å²) in [6, 6.07) is 34.8. The molecule has 2 unspecified atom stereocenters. The predicted molar refractivity (Wildman–Crippen MR) is 220 cm³/mol. The number of hydrogen-bond acceptors (Lipinski definition) is 2. The minimum Gasteiger partial charge on any atom is -0.454 e. The Labute approximate surface area is 316 Å². The minimum absolute atomic E-state index is 0.112. The van der Waals surface area contributed by atoms with Crippen LogP contribution in [0.15, 0.2) is 108 Å². The number of aryl methyl sites for hydroxylation is 4. The molecule has 0 saturated carbocycles. The van der Waals surface area contributed by atoms with E-state index in [-0.39, 0.29) is 11.5 Å². The van der Waals surface area contributed by atoms with E-state index in [0.29, 0.717) is 5.92 Å². The van der Waals surface area contributed by atoms with E-state index in [4.69, 9.17) is 4.42 Å². The summed E-state index contributed by atoms with van der Waals surface area (Å²) in [5.41, 5.74) is 18.1. The average Bonchev–Trinajstić information content (AvgIpc) is 3.68. The maximum Gasteiger partial charge on any atom is 0.224 e. The SMILES string of the molecule is Cc1ccc2[n+](c1)C1C[n+]3cc(CC(C)(C)C)c(-c4c(C)cccc4C)cc3-c3c(ccc4c3oc3c4ccc4cc(C)sc43)CC1c1ccccc1-2. The Balaban J connectivity index is 1.32. The summed E-state index contributed by atoms with van der Waals surface area (Å²) >= 11 is 1.84. The van der Waals surface area contributed by atoms with Crippen LogP contribution in [0.5, 0.6) is 0 Å². The van der Waals surface area contributed by atoms with Crippen molar-refractivity contribution in [1.82, 2.24) is 0 Å². The number of aromatic nitrogens is 2. The molecule has 0 bridgehead atoms. The molecule has 4 aromatic carbocycles. The maximum absolute atomic E-state index is 7.20. The Kier molecular flexibility index (Phi) is 7.20. The van der Waals surface area contributed by atoms with Gasteiger partial charge >= 0.3 is 0 Å². The highest BCUT2D eigenvalue weighted by Gasteiger charge is 2.45. The lowest BCUT2D eigenvalue weighted by Gasteiger charge is -2.32. The van der Waals surface area contributed by atoms with E-state index in [1.807, 2.05) is 11.3 Å². The molecule has 2 atom stereocenters. The number of thiophene rings is 1. The normalized spacial score (nSPS) is 16.5. The van der Waals surface area contributed by atoms with E-state index in [1.165, 1.54) is 92.8 Å². The van der Waals surface area contributed by atoms with Crippen LogP contribution in [0.1, 0.15) is 71.0 Å². The smallest absolute Gasteiger partial charge is 0.224 e. The molecule has 8 aromatic rings. The second-order valence-corrected chi connectivity index (χ2v) is 18.3. The Morgan fingerprint density at radius 3 is 2.32 bits per heavy atom. The number of rotatable bonds is 2. The Morgan fingerprint density at radius 1 is 0.736 bits per heavy atom. The number of furan rings is 1. The van der Waals surface area contributed by atoms with Gasteiger partial charge in [0.25, 0.3) is 0 Å². The number of benzene rings is 4. The summed E-state index contributed by atoms with van der Waals surface area (Å²) in [6.45, 7) is 16.9. The first-order valence-corrected chi connectivity index (χ1v) is 20.0. The van der Waals surface area contributed by atoms with Crippen LogP contribution in [-0.4, -0.2) is 0 Å². The minimum atomic E-state index is 0.112. The first-order valence-electron chi connectivity index (χ1n) is 19.1. The number of hydrogen-bond donors (Lipinski definition) is 0. The zero-order valence-corrected chi connectivity index (χ0v) is 32.6. The van der Waals surface area contributed by atoms with Crippen molar-refractivity contribution in [2.24, 2.45) is 5.41 Å². The molecule has 0 aliphatic carbocycles. The average molecular weight is 711 g/mol. The van der Waals surface area contributed by atoms with E-state index in [0.717, 1.165) is 30.6 Å². The molecule has 262 valence electrons. The van der Waals surface area contributed by atoms with E-state index >= 15 is 0 Å². The molecule has 0 saturated heterocycles. The first-order chi connectivity index (χ1) is 25.5. The van der Waals surface area contributed by atoms with E-state index in [9.17, 15) is 0 Å². The molecule has 0 radical (unpaired) electrons. The molecule has 10 rings (SSSR count). The second-order valence-electron chi connectivity index (χ2n) is 17.0. The predicted octanol–water partition coefficient (Wildman–Crippen LogP) is 12.1. The van der Waals surface area contributed by atoms with Gasteiger partial charge in [0.05, 0.1) is 16.2 Å². The van der Waals surface area contributed by atoms with Gasteiger partial charge in [-0.15, -0.1) is 11.3 Å². The molecule has 3 nitrogen and oxygen atoms in total. The Hall–Kier alpha value is -5.06. The Bertz CT molecular complexity index is 2790. The van der Waals surface area contributed by atoms with Crippen LogP contribution in [0, 0.1) is 33.1 Å². The molecular formula is C49H46N2OS+2. The highest BCUT2D eigenvalue weighted by Crippen LogP contribution is 2.48. The van der Waals surface area contributed by atoms with Crippen molar-refractivity contribution in [3.05, 3.63) is 142 Å². The van der Waals surface area contributed by atoms with Crippen LogP contribution in [0.2, 0.25) is 0 Å². The van der Waals surface area contributed by atoms with Gasteiger partial charge in [-0.05, 0) is 109 Å². The van der Waals surface area contributed by atoms with E-state index < -0.39 is 0 Å². The third-order valence-electron chi connectivity index (χ3n) is 11.9. The molecule has 0 spiro atoms.